The molecule has 0 aliphatic heterocycles. The molecule has 1 saturated carbocycles. The molecule has 3 aromatic rings. The Morgan fingerprint density at radius 1 is 1.22 bits per heavy atom. The number of aryl methyl sites for hydroxylation is 1. The number of nitrogens with two attached hydrogens (primary N) is 1. The van der Waals surface area contributed by atoms with Crippen LogP contribution in [0.15, 0.2) is 30.3 Å². The number of hydrogen-bond acceptors (Lipinski definition) is 5. The SMILES string of the molecule is Cc1[nH]nc2nc(-c3ccc(O)cc3)cc(C(=O)CC3CCC(N)CC3)c12. The van der Waals surface area contributed by atoms with E-state index in [1.54, 1.807) is 24.3 Å². The first-order valence-corrected chi connectivity index (χ1v) is 9.45. The number of pyridine rings is 1. The minimum absolute atomic E-state index is 0.132. The summed E-state index contributed by atoms with van der Waals surface area (Å²) in [6.07, 6.45) is 4.54. The van der Waals surface area contributed by atoms with Gasteiger partial charge in [0.05, 0.1) is 11.1 Å². The topological polar surface area (TPSA) is 105 Å². The number of hydrogen-bond donors (Lipinski definition) is 3. The molecule has 6 nitrogen and oxygen atoms in total. The number of aromatic amines is 1. The molecule has 1 aliphatic carbocycles. The number of H-pyrrole nitrogens is 1. The Morgan fingerprint density at radius 2 is 1.93 bits per heavy atom. The highest BCUT2D eigenvalue weighted by Gasteiger charge is 2.24. The number of fused-ring (bicyclic) bond motifs is 1. The molecule has 0 amide bonds. The van der Waals surface area contributed by atoms with Crippen LogP contribution in [-0.2, 0) is 0 Å². The van der Waals surface area contributed by atoms with Gasteiger partial charge in [-0.15, -0.1) is 0 Å². The number of nitrogens with zero attached hydrogens (tertiary/aromatic N) is 2. The lowest BCUT2D eigenvalue weighted by Crippen LogP contribution is -2.27. The van der Waals surface area contributed by atoms with Crippen molar-refractivity contribution in [2.75, 3.05) is 0 Å². The first-order chi connectivity index (χ1) is 13.0. The van der Waals surface area contributed by atoms with Crippen LogP contribution in [0.4, 0.5) is 0 Å². The summed E-state index contributed by atoms with van der Waals surface area (Å²) in [7, 11) is 0. The van der Waals surface area contributed by atoms with Gasteiger partial charge in [0.2, 0.25) is 0 Å². The molecule has 1 fully saturated rings. The van der Waals surface area contributed by atoms with Crippen LogP contribution in [-0.4, -0.2) is 32.1 Å². The number of carbonyl (C=O) groups excluding carboxylic acids is 1. The van der Waals surface area contributed by atoms with Crippen molar-refractivity contribution in [1.29, 1.82) is 0 Å². The van der Waals surface area contributed by atoms with Crippen molar-refractivity contribution in [1.82, 2.24) is 15.2 Å². The third-order valence-corrected chi connectivity index (χ3v) is 5.53. The van der Waals surface area contributed by atoms with Crippen molar-refractivity contribution in [2.45, 2.75) is 45.1 Å². The molecule has 1 aromatic carbocycles. The van der Waals surface area contributed by atoms with E-state index in [-0.39, 0.29) is 17.6 Å². The van der Waals surface area contributed by atoms with E-state index in [2.05, 4.69) is 15.2 Å². The monoisotopic (exact) mass is 364 g/mol. The fourth-order valence-corrected chi connectivity index (χ4v) is 3.94. The smallest absolute Gasteiger partial charge is 0.182 e. The fraction of sp³-hybridized carbons (Fsp3) is 0.381. The van der Waals surface area contributed by atoms with E-state index < -0.39 is 0 Å². The summed E-state index contributed by atoms with van der Waals surface area (Å²) >= 11 is 0. The highest BCUT2D eigenvalue weighted by atomic mass is 16.3. The Hall–Kier alpha value is -2.73. The number of carbonyl (C=O) groups is 1. The Kier molecular flexibility index (Phi) is 4.66. The Labute approximate surface area is 157 Å². The highest BCUT2D eigenvalue weighted by molar-refractivity contribution is 6.08. The van der Waals surface area contributed by atoms with Gasteiger partial charge in [0, 0.05) is 29.3 Å². The van der Waals surface area contributed by atoms with Crippen LogP contribution < -0.4 is 5.73 Å². The maximum Gasteiger partial charge on any atom is 0.182 e. The van der Waals surface area contributed by atoms with Crippen molar-refractivity contribution >= 4 is 16.8 Å². The van der Waals surface area contributed by atoms with Crippen LogP contribution in [0.2, 0.25) is 0 Å². The van der Waals surface area contributed by atoms with Crippen molar-refractivity contribution < 1.29 is 9.90 Å². The maximum absolute atomic E-state index is 13.2. The van der Waals surface area contributed by atoms with Crippen LogP contribution in [0.25, 0.3) is 22.3 Å². The van der Waals surface area contributed by atoms with Gasteiger partial charge in [-0.1, -0.05) is 0 Å². The predicted molar refractivity (Wildman–Crippen MR) is 105 cm³/mol. The molecule has 0 atom stereocenters. The molecule has 4 rings (SSSR count). The second kappa shape index (κ2) is 7.12. The van der Waals surface area contributed by atoms with Crippen LogP contribution in [0.5, 0.6) is 5.75 Å². The van der Waals surface area contributed by atoms with Crippen molar-refractivity contribution in [3.05, 3.63) is 41.6 Å². The molecule has 0 unspecified atom stereocenters. The third kappa shape index (κ3) is 3.57. The minimum Gasteiger partial charge on any atom is -0.508 e. The number of aromatic nitrogens is 3. The van der Waals surface area contributed by atoms with Gasteiger partial charge in [0.15, 0.2) is 11.4 Å². The maximum atomic E-state index is 13.2. The molecule has 27 heavy (non-hydrogen) atoms. The first kappa shape index (κ1) is 17.7. The molecule has 0 spiro atoms. The largest absolute Gasteiger partial charge is 0.508 e. The lowest BCUT2D eigenvalue weighted by molar-refractivity contribution is 0.0949. The highest BCUT2D eigenvalue weighted by Crippen LogP contribution is 2.31. The van der Waals surface area contributed by atoms with Crippen LogP contribution in [0.3, 0.4) is 0 Å². The van der Waals surface area contributed by atoms with E-state index in [1.165, 1.54) is 0 Å². The molecular weight excluding hydrogens is 340 g/mol. The molecule has 0 bridgehead atoms. The van der Waals surface area contributed by atoms with Gasteiger partial charge in [-0.25, -0.2) is 4.98 Å². The molecule has 0 saturated heterocycles. The average molecular weight is 364 g/mol. The van der Waals surface area contributed by atoms with Gasteiger partial charge in [-0.3, -0.25) is 9.89 Å². The van der Waals surface area contributed by atoms with Gasteiger partial charge in [0.1, 0.15) is 5.75 Å². The summed E-state index contributed by atoms with van der Waals surface area (Å²) in [5, 5.41) is 17.5. The summed E-state index contributed by atoms with van der Waals surface area (Å²) in [4.78, 5) is 17.8. The zero-order chi connectivity index (χ0) is 19.0. The quantitative estimate of drug-likeness (QED) is 0.612. The normalized spacial score (nSPS) is 20.1. The predicted octanol–water partition coefficient (Wildman–Crippen LogP) is 3.73. The first-order valence-electron chi connectivity index (χ1n) is 9.45. The van der Waals surface area contributed by atoms with Gasteiger partial charge in [0.25, 0.3) is 0 Å². The third-order valence-electron chi connectivity index (χ3n) is 5.53. The average Bonchev–Trinajstić information content (AvgIpc) is 3.04. The number of ketones is 1. The van der Waals surface area contributed by atoms with Crippen LogP contribution >= 0.6 is 0 Å². The number of phenols is 1. The molecule has 0 radical (unpaired) electrons. The Bertz CT molecular complexity index is 970. The summed E-state index contributed by atoms with van der Waals surface area (Å²) in [6.45, 7) is 1.91. The van der Waals surface area contributed by atoms with Crippen LogP contribution in [0, 0.1) is 12.8 Å². The summed E-state index contributed by atoms with van der Waals surface area (Å²) in [6, 6.07) is 8.95. The molecular formula is C21H24N4O2. The molecule has 1 aliphatic rings. The van der Waals surface area contributed by atoms with Crippen molar-refractivity contribution in [3.8, 4) is 17.0 Å². The molecule has 2 heterocycles. The minimum atomic E-state index is 0.132. The van der Waals surface area contributed by atoms with Crippen molar-refractivity contribution in [2.24, 2.45) is 11.7 Å². The van der Waals surface area contributed by atoms with Gasteiger partial charge in [-0.2, -0.15) is 5.10 Å². The van der Waals surface area contributed by atoms with E-state index in [4.69, 9.17) is 5.73 Å². The Balaban J connectivity index is 1.70. The number of nitrogens with one attached hydrogen (secondary N) is 1. The van der Waals surface area contributed by atoms with E-state index >= 15 is 0 Å². The number of rotatable bonds is 4. The van der Waals surface area contributed by atoms with E-state index in [1.807, 2.05) is 13.0 Å². The Morgan fingerprint density at radius 3 is 2.63 bits per heavy atom. The fourth-order valence-electron chi connectivity index (χ4n) is 3.94. The number of Topliss-reactive ketones (excluding diaryl/α,β-unsaturated/α-hetero) is 1. The lowest BCUT2D eigenvalue weighted by Gasteiger charge is -2.25. The summed E-state index contributed by atoms with van der Waals surface area (Å²) in [5.41, 5.74) is 9.58. The van der Waals surface area contributed by atoms with E-state index in [0.29, 0.717) is 29.2 Å². The standard InChI is InChI=1S/C21H24N4O2/c1-12-20-17(19(27)10-13-2-6-15(22)7-3-13)11-18(23-21(20)25-24-12)14-4-8-16(26)9-5-14/h4-5,8-9,11,13,15,26H,2-3,6-7,10,22H2,1H3,(H,23,24,25). The van der Waals surface area contributed by atoms with Gasteiger partial charge < -0.3 is 10.8 Å². The zero-order valence-corrected chi connectivity index (χ0v) is 15.4. The second-order valence-corrected chi connectivity index (χ2v) is 7.56. The van der Waals surface area contributed by atoms with E-state index in [0.717, 1.165) is 42.3 Å². The molecule has 2 aromatic heterocycles. The number of benzene rings is 1. The van der Waals surface area contributed by atoms with Crippen molar-refractivity contribution in [3.63, 3.8) is 0 Å². The molecule has 140 valence electrons. The van der Waals surface area contributed by atoms with Gasteiger partial charge in [-0.05, 0) is 68.9 Å². The zero-order valence-electron chi connectivity index (χ0n) is 15.4. The summed E-state index contributed by atoms with van der Waals surface area (Å²) < 4.78 is 0. The van der Waals surface area contributed by atoms with Crippen LogP contribution in [0.1, 0.15) is 48.2 Å². The number of aromatic hydroxyl groups is 1. The molecule has 6 heteroatoms. The summed E-state index contributed by atoms with van der Waals surface area (Å²) in [5.74, 6) is 0.722. The molecule has 4 N–H and O–H groups in total. The second-order valence-electron chi connectivity index (χ2n) is 7.56. The van der Waals surface area contributed by atoms with E-state index in [9.17, 15) is 9.90 Å². The lowest BCUT2D eigenvalue weighted by atomic mass is 9.82. The van der Waals surface area contributed by atoms with Gasteiger partial charge >= 0.3 is 0 Å². The number of phenolic OH excluding ortho intramolecular Hbond substituents is 1.